The van der Waals surface area contributed by atoms with Gasteiger partial charge in [0.05, 0.1) is 28.5 Å². The van der Waals surface area contributed by atoms with Gasteiger partial charge in [-0.15, -0.1) is 0 Å². The molecule has 2 bridgehead atoms. The summed E-state index contributed by atoms with van der Waals surface area (Å²) < 4.78 is 43.1. The SMILES string of the molecule is Cn1nc2c(c1-c1cc(F)c(F)c(F)c1)C[C@H]1CCC[C@@H]2N1C(=O)c1ccc2nccnc2c1. The highest BCUT2D eigenvalue weighted by Crippen LogP contribution is 2.45. The fraction of sp³-hybridized carbons (Fsp3) is 0.280. The van der Waals surface area contributed by atoms with Crippen molar-refractivity contribution in [1.29, 1.82) is 0 Å². The lowest BCUT2D eigenvalue weighted by Gasteiger charge is -2.45. The third-order valence-electron chi connectivity index (χ3n) is 6.88. The van der Waals surface area contributed by atoms with E-state index < -0.39 is 17.5 Å². The van der Waals surface area contributed by atoms with Crippen molar-refractivity contribution < 1.29 is 18.0 Å². The number of aryl methyl sites for hydroxylation is 1. The van der Waals surface area contributed by atoms with Gasteiger partial charge in [0, 0.05) is 42.2 Å². The average Bonchev–Trinajstić information content (AvgIpc) is 3.16. The molecule has 2 aromatic heterocycles. The van der Waals surface area contributed by atoms with Gasteiger partial charge in [-0.1, -0.05) is 0 Å². The first-order valence-electron chi connectivity index (χ1n) is 11.2. The summed E-state index contributed by atoms with van der Waals surface area (Å²) in [5, 5.41) is 4.67. The largest absolute Gasteiger partial charge is 0.327 e. The molecule has 2 aliphatic heterocycles. The first-order chi connectivity index (χ1) is 16.4. The summed E-state index contributed by atoms with van der Waals surface area (Å²) in [4.78, 5) is 24.1. The topological polar surface area (TPSA) is 63.9 Å². The third kappa shape index (κ3) is 3.10. The van der Waals surface area contributed by atoms with E-state index in [0.29, 0.717) is 28.7 Å². The van der Waals surface area contributed by atoms with Crippen LogP contribution in [0.1, 0.15) is 46.9 Å². The van der Waals surface area contributed by atoms with Crippen LogP contribution in [0.4, 0.5) is 13.2 Å². The zero-order valence-corrected chi connectivity index (χ0v) is 18.3. The van der Waals surface area contributed by atoms with Crippen molar-refractivity contribution >= 4 is 16.9 Å². The molecule has 1 fully saturated rings. The summed E-state index contributed by atoms with van der Waals surface area (Å²) in [6, 6.07) is 6.98. The maximum Gasteiger partial charge on any atom is 0.254 e. The quantitative estimate of drug-likeness (QED) is 0.403. The highest BCUT2D eigenvalue weighted by Gasteiger charge is 2.43. The number of hydrogen-bond acceptors (Lipinski definition) is 4. The minimum Gasteiger partial charge on any atom is -0.327 e. The zero-order valence-electron chi connectivity index (χ0n) is 18.3. The Morgan fingerprint density at radius 2 is 1.74 bits per heavy atom. The Morgan fingerprint density at radius 3 is 2.50 bits per heavy atom. The molecule has 6 nitrogen and oxygen atoms in total. The van der Waals surface area contributed by atoms with Gasteiger partial charge in [0.2, 0.25) is 0 Å². The number of carbonyl (C=O) groups excluding carboxylic acids is 1. The van der Waals surface area contributed by atoms with Crippen LogP contribution in [0.3, 0.4) is 0 Å². The molecule has 0 spiro atoms. The standard InChI is InChI=1S/C25H20F3N5O/c1-32-24(14-9-17(26)22(28)18(27)10-14)16-12-15-3-2-4-21(23(16)31-32)33(15)25(34)13-5-6-19-20(11-13)30-8-7-29-19/h5-11,15,21H,2-4,12H2,1H3/t15-,21+/m1/s1. The number of piperidine rings is 1. The van der Waals surface area contributed by atoms with Gasteiger partial charge in [-0.3, -0.25) is 19.4 Å². The van der Waals surface area contributed by atoms with Gasteiger partial charge in [-0.2, -0.15) is 5.10 Å². The van der Waals surface area contributed by atoms with E-state index in [1.165, 1.54) is 0 Å². The van der Waals surface area contributed by atoms with Gasteiger partial charge in [-0.25, -0.2) is 13.2 Å². The normalized spacial score (nSPS) is 19.4. The van der Waals surface area contributed by atoms with Gasteiger partial charge >= 0.3 is 0 Å². The maximum absolute atomic E-state index is 14.0. The van der Waals surface area contributed by atoms with Gasteiger partial charge in [0.15, 0.2) is 17.5 Å². The zero-order chi connectivity index (χ0) is 23.6. The van der Waals surface area contributed by atoms with Crippen molar-refractivity contribution in [2.24, 2.45) is 7.05 Å². The van der Waals surface area contributed by atoms with E-state index in [-0.39, 0.29) is 23.6 Å². The summed E-state index contributed by atoms with van der Waals surface area (Å²) >= 11 is 0. The fourth-order valence-corrected chi connectivity index (χ4v) is 5.45. The van der Waals surface area contributed by atoms with Crippen LogP contribution < -0.4 is 0 Å². The minimum absolute atomic E-state index is 0.0746. The lowest BCUT2D eigenvalue weighted by Crippen LogP contribution is -2.49. The molecule has 0 N–H and O–H groups in total. The van der Waals surface area contributed by atoms with Crippen LogP contribution in [-0.4, -0.2) is 36.6 Å². The monoisotopic (exact) mass is 463 g/mol. The number of fused-ring (bicyclic) bond motifs is 5. The molecule has 9 heteroatoms. The molecular formula is C25H20F3N5O. The molecule has 1 amide bonds. The Hall–Kier alpha value is -3.75. The second-order valence-electron chi connectivity index (χ2n) is 8.87. The van der Waals surface area contributed by atoms with Crippen molar-refractivity contribution in [2.45, 2.75) is 37.8 Å². The molecule has 4 aromatic rings. The van der Waals surface area contributed by atoms with E-state index in [1.807, 2.05) is 4.90 Å². The number of hydrogen-bond donors (Lipinski definition) is 0. The molecular weight excluding hydrogens is 443 g/mol. The average molecular weight is 463 g/mol. The summed E-state index contributed by atoms with van der Waals surface area (Å²) in [6.45, 7) is 0. The van der Waals surface area contributed by atoms with Crippen LogP contribution in [0.2, 0.25) is 0 Å². The number of rotatable bonds is 2. The second-order valence-corrected chi connectivity index (χ2v) is 8.87. The molecule has 0 saturated carbocycles. The molecule has 1 saturated heterocycles. The van der Waals surface area contributed by atoms with Crippen LogP contribution in [0.15, 0.2) is 42.7 Å². The fourth-order valence-electron chi connectivity index (χ4n) is 5.45. The Balaban J connectivity index is 1.42. The van der Waals surface area contributed by atoms with Crippen LogP contribution in [0, 0.1) is 17.5 Å². The summed E-state index contributed by atoms with van der Waals surface area (Å²) in [5.74, 6) is -4.07. The van der Waals surface area contributed by atoms with Gasteiger partial charge in [-0.05, 0) is 56.0 Å². The van der Waals surface area contributed by atoms with Crippen LogP contribution in [0.5, 0.6) is 0 Å². The molecule has 2 aliphatic rings. The first kappa shape index (κ1) is 20.8. The lowest BCUT2D eigenvalue weighted by molar-refractivity contribution is 0.0392. The Bertz CT molecular complexity index is 1440. The lowest BCUT2D eigenvalue weighted by atomic mass is 9.81. The Labute approximate surface area is 193 Å². The van der Waals surface area contributed by atoms with Crippen molar-refractivity contribution in [3.63, 3.8) is 0 Å². The number of nitrogens with zero attached hydrogens (tertiary/aromatic N) is 5. The summed E-state index contributed by atoms with van der Waals surface area (Å²) in [6.07, 6.45) is 6.22. The number of benzene rings is 2. The highest BCUT2D eigenvalue weighted by atomic mass is 19.2. The Kier molecular flexibility index (Phi) is 4.68. The van der Waals surface area contributed by atoms with E-state index in [2.05, 4.69) is 15.1 Å². The molecule has 2 aromatic carbocycles. The van der Waals surface area contributed by atoms with Crippen molar-refractivity contribution in [1.82, 2.24) is 24.6 Å². The van der Waals surface area contributed by atoms with E-state index in [1.54, 1.807) is 42.3 Å². The second kappa shape index (κ2) is 7.65. The first-order valence-corrected chi connectivity index (χ1v) is 11.2. The molecule has 0 unspecified atom stereocenters. The van der Waals surface area contributed by atoms with Gasteiger partial charge in [0.1, 0.15) is 0 Å². The predicted octanol–water partition coefficient (Wildman–Crippen LogP) is 4.74. The van der Waals surface area contributed by atoms with E-state index in [4.69, 9.17) is 0 Å². The smallest absolute Gasteiger partial charge is 0.254 e. The van der Waals surface area contributed by atoms with Crippen molar-refractivity contribution in [3.8, 4) is 11.3 Å². The van der Waals surface area contributed by atoms with Crippen LogP contribution in [0.25, 0.3) is 22.3 Å². The van der Waals surface area contributed by atoms with E-state index >= 15 is 0 Å². The van der Waals surface area contributed by atoms with Crippen molar-refractivity contribution in [3.05, 3.63) is 77.0 Å². The summed E-state index contributed by atoms with van der Waals surface area (Å²) in [5.41, 5.74) is 4.28. The van der Waals surface area contributed by atoms with Crippen LogP contribution in [-0.2, 0) is 13.5 Å². The van der Waals surface area contributed by atoms with Crippen molar-refractivity contribution in [2.75, 3.05) is 0 Å². The van der Waals surface area contributed by atoms with Gasteiger partial charge in [0.25, 0.3) is 5.91 Å². The molecule has 4 heterocycles. The molecule has 172 valence electrons. The Morgan fingerprint density at radius 1 is 1.00 bits per heavy atom. The molecule has 34 heavy (non-hydrogen) atoms. The maximum atomic E-state index is 14.0. The summed E-state index contributed by atoms with van der Waals surface area (Å²) in [7, 11) is 1.70. The number of aromatic nitrogens is 4. The molecule has 2 atom stereocenters. The van der Waals surface area contributed by atoms with E-state index in [9.17, 15) is 18.0 Å². The molecule has 0 radical (unpaired) electrons. The number of halogens is 3. The molecule has 6 rings (SSSR count). The predicted molar refractivity (Wildman–Crippen MR) is 118 cm³/mol. The third-order valence-corrected chi connectivity index (χ3v) is 6.88. The number of amides is 1. The van der Waals surface area contributed by atoms with E-state index in [0.717, 1.165) is 42.7 Å². The number of carbonyl (C=O) groups is 1. The highest BCUT2D eigenvalue weighted by molar-refractivity contribution is 5.98. The van der Waals surface area contributed by atoms with Crippen LogP contribution >= 0.6 is 0 Å². The van der Waals surface area contributed by atoms with Gasteiger partial charge < -0.3 is 4.90 Å². The minimum atomic E-state index is -1.49. The molecule has 0 aliphatic carbocycles.